The van der Waals surface area contributed by atoms with E-state index >= 15 is 0 Å². The van der Waals surface area contributed by atoms with Gasteiger partial charge in [0, 0.05) is 0 Å². The molecule has 0 saturated carbocycles. The third-order valence-electron chi connectivity index (χ3n) is 3.07. The molecule has 2 rings (SSSR count). The molecule has 0 amide bonds. The number of terminal acetylenes is 1. The van der Waals surface area contributed by atoms with Gasteiger partial charge >= 0.3 is 0 Å². The highest BCUT2D eigenvalue weighted by molar-refractivity contribution is 5.89. The second-order valence-corrected chi connectivity index (χ2v) is 4.58. The lowest BCUT2D eigenvalue weighted by Gasteiger charge is -2.09. The van der Waals surface area contributed by atoms with Crippen LogP contribution in [0, 0.1) is 29.5 Å². The van der Waals surface area contributed by atoms with Gasteiger partial charge in [0.05, 0.1) is 18.8 Å². The number of nitriles is 1. The van der Waals surface area contributed by atoms with Crippen LogP contribution < -0.4 is 9.47 Å². The van der Waals surface area contributed by atoms with E-state index in [0.29, 0.717) is 22.6 Å². The van der Waals surface area contributed by atoms with E-state index < -0.39 is 0 Å². The maximum Gasteiger partial charge on any atom is 0.162 e. The summed E-state index contributed by atoms with van der Waals surface area (Å²) in [4.78, 5) is 0. The molecule has 0 aliphatic carbocycles. The number of hydrogen-bond donors (Lipinski definition) is 0. The average Bonchev–Trinajstić information content (AvgIpc) is 2.58. The van der Waals surface area contributed by atoms with Crippen LogP contribution in [0.1, 0.15) is 11.1 Å². The molecule has 0 unspecified atom stereocenters. The monoisotopic (exact) mass is 307 g/mol. The van der Waals surface area contributed by atoms with Gasteiger partial charge in [-0.3, -0.25) is 0 Å². The van der Waals surface area contributed by atoms with E-state index in [1.807, 2.05) is 0 Å². The Kier molecular flexibility index (Phi) is 5.39. The van der Waals surface area contributed by atoms with Crippen LogP contribution in [0.5, 0.6) is 11.5 Å². The summed E-state index contributed by atoms with van der Waals surface area (Å²) in [5.41, 5.74) is 1.60. The second kappa shape index (κ2) is 7.68. The van der Waals surface area contributed by atoms with Crippen molar-refractivity contribution in [3.63, 3.8) is 0 Å². The highest BCUT2D eigenvalue weighted by Crippen LogP contribution is 2.29. The molecule has 0 aliphatic heterocycles. The fourth-order valence-electron chi connectivity index (χ4n) is 2.02. The van der Waals surface area contributed by atoms with Gasteiger partial charge in [-0.05, 0) is 41.5 Å². The Hall–Kier alpha value is -3.24. The SMILES string of the molecule is C#CCOc1ccc(/C=C(/C#N)c2cccc(F)c2)cc1OC. The molecular formula is C19H14FNO2. The second-order valence-electron chi connectivity index (χ2n) is 4.58. The first kappa shape index (κ1) is 16.1. The van der Waals surface area contributed by atoms with E-state index in [1.165, 1.54) is 19.2 Å². The summed E-state index contributed by atoms with van der Waals surface area (Å²) in [6.07, 6.45) is 6.82. The van der Waals surface area contributed by atoms with Gasteiger partial charge in [0.25, 0.3) is 0 Å². The molecule has 2 aromatic rings. The Morgan fingerprint density at radius 1 is 1.26 bits per heavy atom. The largest absolute Gasteiger partial charge is 0.493 e. The number of hydrogen-bond acceptors (Lipinski definition) is 3. The standard InChI is InChI=1S/C19H14FNO2/c1-3-9-23-18-8-7-14(11-19(18)22-2)10-16(13-21)15-5-4-6-17(20)12-15/h1,4-8,10-12H,9H2,2H3/b16-10-. The minimum atomic E-state index is -0.390. The van der Waals surface area contributed by atoms with Crippen molar-refractivity contribution in [2.45, 2.75) is 0 Å². The highest BCUT2D eigenvalue weighted by Gasteiger charge is 2.07. The number of halogens is 1. The Bertz CT molecular complexity index is 813. The Balaban J connectivity index is 2.37. The summed E-state index contributed by atoms with van der Waals surface area (Å²) in [7, 11) is 1.52. The van der Waals surface area contributed by atoms with E-state index in [9.17, 15) is 9.65 Å². The number of benzene rings is 2. The molecule has 0 heterocycles. The van der Waals surface area contributed by atoms with Crippen molar-refractivity contribution in [2.24, 2.45) is 0 Å². The molecule has 0 saturated heterocycles. The van der Waals surface area contributed by atoms with Crippen molar-refractivity contribution in [3.05, 3.63) is 59.4 Å². The molecule has 3 nitrogen and oxygen atoms in total. The van der Waals surface area contributed by atoms with E-state index in [4.69, 9.17) is 15.9 Å². The lowest BCUT2D eigenvalue weighted by Crippen LogP contribution is -1.96. The number of allylic oxidation sites excluding steroid dienone is 1. The quantitative estimate of drug-likeness (QED) is 0.478. The maximum atomic E-state index is 13.3. The van der Waals surface area contributed by atoms with Crippen LogP contribution in [0.4, 0.5) is 4.39 Å². The van der Waals surface area contributed by atoms with Crippen molar-refractivity contribution in [3.8, 4) is 29.9 Å². The number of methoxy groups -OCH3 is 1. The van der Waals surface area contributed by atoms with Gasteiger partial charge in [-0.25, -0.2) is 4.39 Å². The first-order valence-corrected chi connectivity index (χ1v) is 6.80. The fraction of sp³-hybridized carbons (Fsp3) is 0.105. The van der Waals surface area contributed by atoms with Crippen molar-refractivity contribution in [1.29, 1.82) is 5.26 Å². The lowest BCUT2D eigenvalue weighted by molar-refractivity contribution is 0.331. The van der Waals surface area contributed by atoms with Gasteiger partial charge in [0.2, 0.25) is 0 Å². The summed E-state index contributed by atoms with van der Waals surface area (Å²) in [6, 6.07) is 13.2. The van der Waals surface area contributed by atoms with Crippen molar-refractivity contribution in [2.75, 3.05) is 13.7 Å². The molecule has 2 aromatic carbocycles. The highest BCUT2D eigenvalue weighted by atomic mass is 19.1. The predicted octanol–water partition coefficient (Wildman–Crippen LogP) is 3.91. The molecule has 0 aromatic heterocycles. The molecule has 4 heteroatoms. The zero-order valence-electron chi connectivity index (χ0n) is 12.5. The Morgan fingerprint density at radius 2 is 2.09 bits per heavy atom. The minimum Gasteiger partial charge on any atom is -0.493 e. The molecule has 23 heavy (non-hydrogen) atoms. The van der Waals surface area contributed by atoms with Crippen LogP contribution in [0.3, 0.4) is 0 Å². The minimum absolute atomic E-state index is 0.137. The normalized spacial score (nSPS) is 10.5. The number of nitrogens with zero attached hydrogens (tertiary/aromatic N) is 1. The molecule has 0 atom stereocenters. The molecule has 0 radical (unpaired) electrons. The zero-order chi connectivity index (χ0) is 16.7. The van der Waals surface area contributed by atoms with Crippen molar-refractivity contribution in [1.82, 2.24) is 0 Å². The van der Waals surface area contributed by atoms with E-state index in [-0.39, 0.29) is 12.4 Å². The number of ether oxygens (including phenoxy) is 2. The summed E-state index contributed by atoms with van der Waals surface area (Å²) >= 11 is 0. The van der Waals surface area contributed by atoms with Crippen LogP contribution in [0.15, 0.2) is 42.5 Å². The predicted molar refractivity (Wildman–Crippen MR) is 87.2 cm³/mol. The van der Waals surface area contributed by atoms with E-state index in [1.54, 1.807) is 36.4 Å². The molecule has 114 valence electrons. The molecule has 0 spiro atoms. The van der Waals surface area contributed by atoms with Crippen LogP contribution in [0.2, 0.25) is 0 Å². The third kappa shape index (κ3) is 4.12. The van der Waals surface area contributed by atoms with Gasteiger partial charge in [-0.2, -0.15) is 5.26 Å². The molecule has 0 aliphatic rings. The van der Waals surface area contributed by atoms with Gasteiger partial charge in [-0.1, -0.05) is 24.1 Å². The Labute approximate surface area is 134 Å². The maximum absolute atomic E-state index is 13.3. The van der Waals surface area contributed by atoms with Crippen LogP contribution in [0.25, 0.3) is 11.6 Å². The first-order chi connectivity index (χ1) is 11.2. The first-order valence-electron chi connectivity index (χ1n) is 6.80. The van der Waals surface area contributed by atoms with Crippen LogP contribution in [-0.2, 0) is 0 Å². The molecular weight excluding hydrogens is 293 g/mol. The average molecular weight is 307 g/mol. The van der Waals surface area contributed by atoms with Gasteiger partial charge in [0.1, 0.15) is 12.4 Å². The summed E-state index contributed by atoms with van der Waals surface area (Å²) in [6.45, 7) is 0.137. The van der Waals surface area contributed by atoms with E-state index in [2.05, 4.69) is 12.0 Å². The summed E-state index contributed by atoms with van der Waals surface area (Å²) in [5, 5.41) is 9.31. The molecule has 0 bridgehead atoms. The summed E-state index contributed by atoms with van der Waals surface area (Å²) in [5.74, 6) is 3.02. The van der Waals surface area contributed by atoms with Gasteiger partial charge < -0.3 is 9.47 Å². The van der Waals surface area contributed by atoms with Crippen molar-refractivity contribution < 1.29 is 13.9 Å². The third-order valence-corrected chi connectivity index (χ3v) is 3.07. The topological polar surface area (TPSA) is 42.2 Å². The summed E-state index contributed by atoms with van der Waals surface area (Å²) < 4.78 is 23.9. The molecule has 0 fully saturated rings. The zero-order valence-corrected chi connectivity index (χ0v) is 12.5. The Morgan fingerprint density at radius 3 is 2.74 bits per heavy atom. The van der Waals surface area contributed by atoms with Crippen molar-refractivity contribution >= 4 is 11.6 Å². The van der Waals surface area contributed by atoms with E-state index in [0.717, 1.165) is 5.56 Å². The lowest BCUT2D eigenvalue weighted by atomic mass is 10.0. The van der Waals surface area contributed by atoms with Gasteiger partial charge in [0.15, 0.2) is 11.5 Å². The number of rotatable bonds is 5. The van der Waals surface area contributed by atoms with Crippen LogP contribution >= 0.6 is 0 Å². The van der Waals surface area contributed by atoms with Crippen LogP contribution in [-0.4, -0.2) is 13.7 Å². The molecule has 0 N–H and O–H groups in total. The van der Waals surface area contributed by atoms with Gasteiger partial charge in [-0.15, -0.1) is 6.42 Å². The smallest absolute Gasteiger partial charge is 0.162 e. The fourth-order valence-corrected chi connectivity index (χ4v) is 2.02.